The zero-order chi connectivity index (χ0) is 14.5. The molecule has 1 aromatic rings. The summed E-state index contributed by atoms with van der Waals surface area (Å²) in [6, 6.07) is 6.09. The second-order valence-electron chi connectivity index (χ2n) is 5.53. The zero-order valence-corrected chi connectivity index (χ0v) is 14.4. The Morgan fingerprint density at radius 3 is 2.75 bits per heavy atom. The van der Waals surface area contributed by atoms with Gasteiger partial charge in [0.15, 0.2) is 0 Å². The van der Waals surface area contributed by atoms with Crippen LogP contribution in [-0.4, -0.2) is 37.0 Å². The molecule has 0 aromatic heterocycles. The second kappa shape index (κ2) is 7.41. The predicted octanol–water partition coefficient (Wildman–Crippen LogP) is 3.06. The van der Waals surface area contributed by atoms with Crippen molar-refractivity contribution in [2.45, 2.75) is 26.7 Å². The Bertz CT molecular complexity index is 468. The summed E-state index contributed by atoms with van der Waals surface area (Å²) >= 11 is 2.25. The summed E-state index contributed by atoms with van der Waals surface area (Å²) in [5.74, 6) is 0.913. The van der Waals surface area contributed by atoms with Gasteiger partial charge in [-0.25, -0.2) is 0 Å². The maximum atomic E-state index is 12.6. The highest BCUT2D eigenvalue weighted by atomic mass is 127. The Morgan fingerprint density at radius 1 is 1.40 bits per heavy atom. The van der Waals surface area contributed by atoms with Crippen molar-refractivity contribution in [2.24, 2.45) is 5.92 Å². The first kappa shape index (κ1) is 15.8. The minimum Gasteiger partial charge on any atom is -0.339 e. The van der Waals surface area contributed by atoms with Crippen LogP contribution in [0.4, 0.5) is 0 Å². The normalized spacial score (nSPS) is 16.4. The third-order valence-corrected chi connectivity index (χ3v) is 4.88. The molecule has 1 aliphatic rings. The lowest BCUT2D eigenvalue weighted by molar-refractivity contribution is 0.0689. The molecule has 1 fully saturated rings. The Hall–Kier alpha value is -0.620. The number of likely N-dealkylation sites (tertiary alicyclic amines) is 1. The van der Waals surface area contributed by atoms with Gasteiger partial charge in [0.1, 0.15) is 0 Å². The largest absolute Gasteiger partial charge is 0.339 e. The van der Waals surface area contributed by atoms with Gasteiger partial charge in [-0.3, -0.25) is 4.79 Å². The Labute approximate surface area is 135 Å². The summed E-state index contributed by atoms with van der Waals surface area (Å²) in [5.41, 5.74) is 2.01. The smallest absolute Gasteiger partial charge is 0.254 e. The molecule has 1 N–H and O–H groups in total. The number of amides is 1. The van der Waals surface area contributed by atoms with E-state index in [-0.39, 0.29) is 5.91 Å². The highest BCUT2D eigenvalue weighted by Gasteiger charge is 2.24. The molecular formula is C16H23IN2O. The van der Waals surface area contributed by atoms with Gasteiger partial charge in [-0.1, -0.05) is 18.6 Å². The number of aryl methyl sites for hydroxylation is 1. The number of nitrogens with one attached hydrogen (secondary N) is 1. The van der Waals surface area contributed by atoms with Crippen molar-refractivity contribution >= 4 is 28.5 Å². The number of rotatable bonds is 4. The molecule has 0 saturated carbocycles. The molecule has 20 heavy (non-hydrogen) atoms. The van der Waals surface area contributed by atoms with Crippen molar-refractivity contribution in [3.05, 3.63) is 32.9 Å². The van der Waals surface area contributed by atoms with Gasteiger partial charge in [-0.2, -0.15) is 0 Å². The van der Waals surface area contributed by atoms with Gasteiger partial charge in [-0.15, -0.1) is 0 Å². The Morgan fingerprint density at radius 2 is 2.10 bits per heavy atom. The molecule has 110 valence electrons. The van der Waals surface area contributed by atoms with E-state index < -0.39 is 0 Å². The van der Waals surface area contributed by atoms with E-state index >= 15 is 0 Å². The molecule has 1 heterocycles. The number of nitrogens with zero attached hydrogens (tertiary/aromatic N) is 1. The van der Waals surface area contributed by atoms with Crippen molar-refractivity contribution in [2.75, 3.05) is 26.2 Å². The molecule has 0 bridgehead atoms. The van der Waals surface area contributed by atoms with Crippen LogP contribution in [0.1, 0.15) is 35.7 Å². The average Bonchev–Trinajstić information content (AvgIpc) is 2.47. The first-order chi connectivity index (χ1) is 9.61. The van der Waals surface area contributed by atoms with E-state index in [1.165, 1.54) is 0 Å². The van der Waals surface area contributed by atoms with Crippen LogP contribution in [0, 0.1) is 16.4 Å². The van der Waals surface area contributed by atoms with E-state index in [0.717, 1.165) is 59.6 Å². The van der Waals surface area contributed by atoms with Crippen LogP contribution in [0.15, 0.2) is 18.2 Å². The molecule has 0 radical (unpaired) electrons. The van der Waals surface area contributed by atoms with Gasteiger partial charge in [0.2, 0.25) is 0 Å². The summed E-state index contributed by atoms with van der Waals surface area (Å²) in [4.78, 5) is 14.6. The zero-order valence-electron chi connectivity index (χ0n) is 12.3. The minimum absolute atomic E-state index is 0.194. The van der Waals surface area contributed by atoms with Crippen LogP contribution in [0.5, 0.6) is 0 Å². The van der Waals surface area contributed by atoms with Gasteiger partial charge in [-0.05, 0) is 73.5 Å². The fourth-order valence-electron chi connectivity index (χ4n) is 2.66. The lowest BCUT2D eigenvalue weighted by atomic mass is 9.96. The predicted molar refractivity (Wildman–Crippen MR) is 91.1 cm³/mol. The first-order valence-electron chi connectivity index (χ1n) is 7.38. The summed E-state index contributed by atoms with van der Waals surface area (Å²) in [6.45, 7) is 8.06. The average molecular weight is 386 g/mol. The maximum Gasteiger partial charge on any atom is 0.254 e. The van der Waals surface area contributed by atoms with Crippen molar-refractivity contribution in [3.8, 4) is 0 Å². The number of piperidine rings is 1. The molecule has 1 aromatic carbocycles. The number of carbonyl (C=O) groups is 1. The molecule has 0 unspecified atom stereocenters. The monoisotopic (exact) mass is 386 g/mol. The lowest BCUT2D eigenvalue weighted by Crippen LogP contribution is -2.41. The van der Waals surface area contributed by atoms with Gasteiger partial charge < -0.3 is 10.2 Å². The number of benzene rings is 1. The van der Waals surface area contributed by atoms with Crippen LogP contribution in [0.2, 0.25) is 0 Å². The standard InChI is InChI=1S/C16H23IN2O/c1-3-18-11-13-6-8-19(9-7-13)16(20)14-10-12(2)4-5-15(14)17/h4-5,10,13,18H,3,6-9,11H2,1-2H3. The third-order valence-electron chi connectivity index (χ3n) is 3.94. The van der Waals surface area contributed by atoms with Crippen LogP contribution in [-0.2, 0) is 0 Å². The van der Waals surface area contributed by atoms with E-state index in [2.05, 4.69) is 40.9 Å². The van der Waals surface area contributed by atoms with Gasteiger partial charge in [0.25, 0.3) is 5.91 Å². The Kier molecular flexibility index (Phi) is 5.84. The first-order valence-corrected chi connectivity index (χ1v) is 8.45. The SMILES string of the molecule is CCNCC1CCN(C(=O)c2cc(C)ccc2I)CC1. The van der Waals surface area contributed by atoms with E-state index in [1.54, 1.807) is 0 Å². The maximum absolute atomic E-state index is 12.6. The van der Waals surface area contributed by atoms with Crippen molar-refractivity contribution in [3.63, 3.8) is 0 Å². The molecule has 4 heteroatoms. The molecule has 0 atom stereocenters. The fourth-order valence-corrected chi connectivity index (χ4v) is 3.23. The number of hydrogen-bond acceptors (Lipinski definition) is 2. The van der Waals surface area contributed by atoms with E-state index in [1.807, 2.05) is 24.0 Å². The molecule has 1 aliphatic heterocycles. The number of halogens is 1. The summed E-state index contributed by atoms with van der Waals surface area (Å²) in [6.07, 6.45) is 2.22. The van der Waals surface area contributed by atoms with Crippen molar-refractivity contribution in [1.82, 2.24) is 10.2 Å². The molecule has 1 amide bonds. The van der Waals surface area contributed by atoms with Crippen LogP contribution >= 0.6 is 22.6 Å². The van der Waals surface area contributed by atoms with E-state index in [4.69, 9.17) is 0 Å². The van der Waals surface area contributed by atoms with Crippen molar-refractivity contribution in [1.29, 1.82) is 0 Å². The molecule has 1 saturated heterocycles. The van der Waals surface area contributed by atoms with Crippen molar-refractivity contribution < 1.29 is 4.79 Å². The van der Waals surface area contributed by atoms with E-state index in [9.17, 15) is 4.79 Å². The summed E-state index contributed by atoms with van der Waals surface area (Å²) in [5, 5.41) is 3.41. The van der Waals surface area contributed by atoms with Crippen LogP contribution in [0.25, 0.3) is 0 Å². The number of carbonyl (C=O) groups excluding carboxylic acids is 1. The van der Waals surface area contributed by atoms with Gasteiger partial charge in [0, 0.05) is 16.7 Å². The molecule has 0 aliphatic carbocycles. The van der Waals surface area contributed by atoms with Crippen LogP contribution in [0.3, 0.4) is 0 Å². The highest BCUT2D eigenvalue weighted by molar-refractivity contribution is 14.1. The molecule has 3 nitrogen and oxygen atoms in total. The van der Waals surface area contributed by atoms with E-state index in [0.29, 0.717) is 0 Å². The molecular weight excluding hydrogens is 363 g/mol. The minimum atomic E-state index is 0.194. The quantitative estimate of drug-likeness (QED) is 0.807. The topological polar surface area (TPSA) is 32.3 Å². The lowest BCUT2D eigenvalue weighted by Gasteiger charge is -2.32. The third kappa shape index (κ3) is 3.95. The van der Waals surface area contributed by atoms with Gasteiger partial charge in [0.05, 0.1) is 5.56 Å². The Balaban J connectivity index is 1.96. The van der Waals surface area contributed by atoms with Crippen LogP contribution < -0.4 is 5.32 Å². The second-order valence-corrected chi connectivity index (χ2v) is 6.69. The number of hydrogen-bond donors (Lipinski definition) is 1. The molecule has 2 rings (SSSR count). The molecule has 0 spiro atoms. The summed E-state index contributed by atoms with van der Waals surface area (Å²) in [7, 11) is 0. The summed E-state index contributed by atoms with van der Waals surface area (Å²) < 4.78 is 1.05. The highest BCUT2D eigenvalue weighted by Crippen LogP contribution is 2.21. The van der Waals surface area contributed by atoms with Gasteiger partial charge >= 0.3 is 0 Å². The fraction of sp³-hybridized carbons (Fsp3) is 0.562.